The van der Waals surface area contributed by atoms with E-state index in [1.807, 2.05) is 72.9 Å². The van der Waals surface area contributed by atoms with E-state index in [-0.39, 0.29) is 0 Å². The summed E-state index contributed by atoms with van der Waals surface area (Å²) in [4.78, 5) is 0. The van der Waals surface area contributed by atoms with Crippen molar-refractivity contribution in [2.24, 2.45) is 0 Å². The molecule has 4 nitrogen and oxygen atoms in total. The quantitative estimate of drug-likeness (QED) is 0.144. The zero-order valence-electron chi connectivity index (χ0n) is 22.1. The minimum absolute atomic E-state index is 0.398. The van der Waals surface area contributed by atoms with E-state index >= 15 is 0 Å². The largest absolute Gasteiger partial charge is 0.370 e. The first-order chi connectivity index (χ1) is 18.2. The van der Waals surface area contributed by atoms with Crippen molar-refractivity contribution in [1.29, 1.82) is 0 Å². The summed E-state index contributed by atoms with van der Waals surface area (Å²) in [5.41, 5.74) is 1.49. The van der Waals surface area contributed by atoms with E-state index in [4.69, 9.17) is 4.74 Å². The average Bonchev–Trinajstić information content (AvgIpc) is 3.35. The van der Waals surface area contributed by atoms with Crippen LogP contribution in [0.25, 0.3) is 0 Å². The lowest BCUT2D eigenvalue weighted by molar-refractivity contribution is -0.700. The fraction of sp³-hybridized carbons (Fsp3) is 0.364. The van der Waals surface area contributed by atoms with Crippen molar-refractivity contribution in [3.63, 3.8) is 0 Å². The Balaban J connectivity index is 1.60. The summed E-state index contributed by atoms with van der Waals surface area (Å²) >= 11 is 0. The number of ether oxygens (including phenoxy) is 1. The molecule has 0 saturated carbocycles. The molecule has 0 spiro atoms. The molecule has 0 saturated heterocycles. The smallest absolute Gasteiger partial charge is 0.300 e. The van der Waals surface area contributed by atoms with Crippen LogP contribution in [0.2, 0.25) is 0 Å². The first-order valence-corrected chi connectivity index (χ1v) is 13.8. The topological polar surface area (TPSA) is 38.3 Å². The van der Waals surface area contributed by atoms with Crippen LogP contribution in [0.1, 0.15) is 74.4 Å². The molecule has 0 amide bonds. The molecule has 1 N–H and O–H groups in total. The van der Waals surface area contributed by atoms with Gasteiger partial charge >= 0.3 is 5.82 Å². The van der Waals surface area contributed by atoms with Crippen LogP contribution in [0, 0.1) is 0 Å². The Kier molecular flexibility index (Phi) is 10.1. The maximum absolute atomic E-state index is 12.6. The molecule has 3 aromatic carbocycles. The highest BCUT2D eigenvalue weighted by atomic mass is 16.5. The highest BCUT2D eigenvalue weighted by Gasteiger charge is 2.45. The number of hydrogen-bond donors (Lipinski definition) is 1. The van der Waals surface area contributed by atoms with Crippen molar-refractivity contribution < 1.29 is 14.4 Å². The Morgan fingerprint density at radius 2 is 1.27 bits per heavy atom. The first kappa shape index (κ1) is 26.8. The number of aliphatic hydroxyl groups is 1. The van der Waals surface area contributed by atoms with Crippen LogP contribution in [0.5, 0.6) is 0 Å². The predicted molar refractivity (Wildman–Crippen MR) is 149 cm³/mol. The van der Waals surface area contributed by atoms with Gasteiger partial charge in [0.05, 0.1) is 6.61 Å². The minimum atomic E-state index is -1.34. The molecule has 0 radical (unpaired) electrons. The van der Waals surface area contributed by atoms with E-state index in [2.05, 4.69) is 46.5 Å². The summed E-state index contributed by atoms with van der Waals surface area (Å²) in [6.07, 6.45) is 12.9. The Morgan fingerprint density at radius 3 is 1.86 bits per heavy atom. The fourth-order valence-electron chi connectivity index (χ4n) is 5.00. The molecule has 4 heteroatoms. The second kappa shape index (κ2) is 13.9. The highest BCUT2D eigenvalue weighted by molar-refractivity contribution is 5.41. The first-order valence-electron chi connectivity index (χ1n) is 13.8. The van der Waals surface area contributed by atoms with Gasteiger partial charge in [-0.25, -0.2) is 9.13 Å². The number of imidazole rings is 1. The van der Waals surface area contributed by atoms with Crippen LogP contribution in [0.15, 0.2) is 103 Å². The number of benzene rings is 3. The summed E-state index contributed by atoms with van der Waals surface area (Å²) in [5.74, 6) is 0.785. The van der Waals surface area contributed by atoms with Gasteiger partial charge in [-0.05, 0) is 12.0 Å². The molecule has 4 rings (SSSR count). The van der Waals surface area contributed by atoms with Crippen molar-refractivity contribution in [3.8, 4) is 0 Å². The normalized spacial score (nSPS) is 11.6. The van der Waals surface area contributed by atoms with Gasteiger partial charge in [-0.15, -0.1) is 0 Å². The van der Waals surface area contributed by atoms with E-state index in [1.165, 1.54) is 44.1 Å². The molecule has 1 aromatic heterocycles. The van der Waals surface area contributed by atoms with Crippen LogP contribution < -0.4 is 4.57 Å². The Bertz CT molecular complexity index is 1130. The Hall–Kier alpha value is -3.21. The van der Waals surface area contributed by atoms with E-state index < -0.39 is 5.60 Å². The van der Waals surface area contributed by atoms with Crippen molar-refractivity contribution in [1.82, 2.24) is 4.57 Å². The molecule has 0 aliphatic rings. The SMILES string of the molecule is CCCCCCCCCOCn1cc[n+](Cc2ccccc2)c1C(O)(c1ccccc1)c1ccccc1. The van der Waals surface area contributed by atoms with Crippen molar-refractivity contribution >= 4 is 0 Å². The summed E-state index contributed by atoms with van der Waals surface area (Å²) in [6.45, 7) is 4.03. The summed E-state index contributed by atoms with van der Waals surface area (Å²) in [6, 6.07) is 30.3. The fourth-order valence-corrected chi connectivity index (χ4v) is 5.00. The molecule has 194 valence electrons. The Labute approximate surface area is 222 Å². The lowest BCUT2D eigenvalue weighted by atomic mass is 9.85. The third kappa shape index (κ3) is 6.97. The average molecular weight is 498 g/mol. The molecule has 0 fully saturated rings. The second-order valence-electron chi connectivity index (χ2n) is 9.81. The van der Waals surface area contributed by atoms with E-state index in [1.54, 1.807) is 0 Å². The molecular weight excluding hydrogens is 456 g/mol. The molecule has 4 aromatic rings. The maximum atomic E-state index is 12.6. The van der Waals surface area contributed by atoms with Crippen LogP contribution in [-0.4, -0.2) is 16.3 Å². The van der Waals surface area contributed by atoms with Gasteiger partial charge in [0.1, 0.15) is 18.9 Å². The standard InChI is InChI=1S/C33H41N2O2/c1-2-3-4-5-6-7-17-26-37-28-35-25-24-34(27-29-18-11-8-12-19-29)32(35)33(36,30-20-13-9-14-21-30)31-22-15-10-16-23-31/h8-16,18-25,36H,2-7,17,26-28H2,1H3/q+1. The number of hydrogen-bond acceptors (Lipinski definition) is 2. The number of unbranched alkanes of at least 4 members (excludes halogenated alkanes) is 6. The van der Waals surface area contributed by atoms with Crippen molar-refractivity contribution in [3.05, 3.63) is 126 Å². The molecule has 0 aliphatic carbocycles. The number of nitrogens with zero attached hydrogens (tertiary/aromatic N) is 2. The highest BCUT2D eigenvalue weighted by Crippen LogP contribution is 2.35. The summed E-state index contributed by atoms with van der Waals surface area (Å²) in [7, 11) is 0. The summed E-state index contributed by atoms with van der Waals surface area (Å²) in [5, 5.41) is 12.6. The lowest BCUT2D eigenvalue weighted by Gasteiger charge is -2.27. The van der Waals surface area contributed by atoms with Crippen LogP contribution in [0.3, 0.4) is 0 Å². The molecular formula is C33H41N2O2+. The molecule has 0 aliphatic heterocycles. The van der Waals surface area contributed by atoms with Gasteiger partial charge in [-0.1, -0.05) is 136 Å². The van der Waals surface area contributed by atoms with Crippen LogP contribution in [-0.2, 0) is 23.6 Å². The zero-order valence-corrected chi connectivity index (χ0v) is 22.1. The number of rotatable bonds is 15. The third-order valence-corrected chi connectivity index (χ3v) is 7.00. The molecule has 0 atom stereocenters. The third-order valence-electron chi connectivity index (χ3n) is 7.00. The van der Waals surface area contributed by atoms with Gasteiger partial charge < -0.3 is 9.84 Å². The van der Waals surface area contributed by atoms with E-state index in [9.17, 15) is 5.11 Å². The zero-order chi connectivity index (χ0) is 25.8. The molecule has 37 heavy (non-hydrogen) atoms. The molecule has 0 unspecified atom stereocenters. The maximum Gasteiger partial charge on any atom is 0.300 e. The summed E-state index contributed by atoms with van der Waals surface area (Å²) < 4.78 is 10.4. The van der Waals surface area contributed by atoms with Crippen molar-refractivity contribution in [2.75, 3.05) is 6.61 Å². The monoisotopic (exact) mass is 497 g/mol. The molecule has 1 heterocycles. The predicted octanol–water partition coefficient (Wildman–Crippen LogP) is 6.83. The van der Waals surface area contributed by atoms with Crippen LogP contribution in [0.4, 0.5) is 0 Å². The van der Waals surface area contributed by atoms with Crippen molar-refractivity contribution in [2.45, 2.75) is 70.7 Å². The molecule has 0 bridgehead atoms. The van der Waals surface area contributed by atoms with Gasteiger partial charge in [-0.3, -0.25) is 0 Å². The van der Waals surface area contributed by atoms with Gasteiger partial charge in [0.2, 0.25) is 5.60 Å². The number of aromatic nitrogens is 2. The van der Waals surface area contributed by atoms with E-state index in [0.29, 0.717) is 13.3 Å². The van der Waals surface area contributed by atoms with Crippen LogP contribution >= 0.6 is 0 Å². The van der Waals surface area contributed by atoms with E-state index in [0.717, 1.165) is 30.0 Å². The van der Waals surface area contributed by atoms with Gasteiger partial charge in [0, 0.05) is 11.1 Å². The minimum Gasteiger partial charge on any atom is -0.370 e. The van der Waals surface area contributed by atoms with Gasteiger partial charge in [-0.2, -0.15) is 0 Å². The van der Waals surface area contributed by atoms with Gasteiger partial charge in [0.15, 0.2) is 6.73 Å². The second-order valence-corrected chi connectivity index (χ2v) is 9.81. The van der Waals surface area contributed by atoms with Gasteiger partial charge in [0.25, 0.3) is 0 Å². The Morgan fingerprint density at radius 1 is 0.730 bits per heavy atom. The lowest BCUT2D eigenvalue weighted by Crippen LogP contribution is -2.47.